The highest BCUT2D eigenvalue weighted by Crippen LogP contribution is 2.26. The van der Waals surface area contributed by atoms with Gasteiger partial charge in [0.05, 0.1) is 30.7 Å². The molecule has 122 valence electrons. The molecule has 3 aromatic rings. The van der Waals surface area contributed by atoms with E-state index in [1.165, 1.54) is 12.4 Å². The van der Waals surface area contributed by atoms with E-state index >= 15 is 0 Å². The number of hydrogen-bond donors (Lipinski definition) is 0. The third kappa shape index (κ3) is 2.45. The molecular formula is C16H17N7O. The van der Waals surface area contributed by atoms with E-state index in [4.69, 9.17) is 0 Å². The van der Waals surface area contributed by atoms with Crippen LogP contribution in [0.5, 0.6) is 0 Å². The van der Waals surface area contributed by atoms with Gasteiger partial charge >= 0.3 is 0 Å². The standard InChI is InChI=1S/C16H17N7O/c1-12-15-19-9-13(11-21-6-2-3-20-21)23(15)8-7-22(12)16(24)14-10-17-4-5-18-14/h2-6,9-10,12H,7-8,11H2,1H3/t12-/m1/s1. The van der Waals surface area contributed by atoms with Gasteiger partial charge in [0.1, 0.15) is 11.5 Å². The Bertz CT molecular complexity index is 841. The predicted octanol–water partition coefficient (Wildman–Crippen LogP) is 1.13. The molecule has 4 rings (SSSR count). The normalized spacial score (nSPS) is 16.9. The van der Waals surface area contributed by atoms with E-state index in [2.05, 4.69) is 24.6 Å². The lowest BCUT2D eigenvalue weighted by Gasteiger charge is -2.34. The number of carbonyl (C=O) groups is 1. The highest BCUT2D eigenvalue weighted by molar-refractivity contribution is 5.92. The summed E-state index contributed by atoms with van der Waals surface area (Å²) in [5.41, 5.74) is 1.45. The van der Waals surface area contributed by atoms with Gasteiger partial charge in [-0.05, 0) is 13.0 Å². The molecule has 1 amide bonds. The Hall–Kier alpha value is -3.03. The molecule has 0 bridgehead atoms. The first-order valence-electron chi connectivity index (χ1n) is 7.83. The van der Waals surface area contributed by atoms with Crippen molar-refractivity contribution in [3.05, 3.63) is 60.5 Å². The summed E-state index contributed by atoms with van der Waals surface area (Å²) in [5.74, 6) is 0.777. The number of aromatic nitrogens is 6. The maximum atomic E-state index is 12.7. The van der Waals surface area contributed by atoms with Gasteiger partial charge in [-0.15, -0.1) is 0 Å². The molecule has 8 heteroatoms. The Labute approximate surface area is 138 Å². The molecule has 0 aliphatic carbocycles. The zero-order valence-electron chi connectivity index (χ0n) is 13.3. The van der Waals surface area contributed by atoms with Crippen molar-refractivity contribution in [1.29, 1.82) is 0 Å². The molecule has 0 saturated carbocycles. The summed E-state index contributed by atoms with van der Waals surface area (Å²) in [6.07, 6.45) is 10.1. The van der Waals surface area contributed by atoms with E-state index in [9.17, 15) is 4.79 Å². The molecule has 24 heavy (non-hydrogen) atoms. The van der Waals surface area contributed by atoms with Gasteiger partial charge in [0, 0.05) is 37.9 Å². The predicted molar refractivity (Wildman–Crippen MR) is 85.0 cm³/mol. The monoisotopic (exact) mass is 323 g/mol. The van der Waals surface area contributed by atoms with Crippen LogP contribution in [0.15, 0.2) is 43.2 Å². The maximum Gasteiger partial charge on any atom is 0.274 e. The molecular weight excluding hydrogens is 306 g/mol. The summed E-state index contributed by atoms with van der Waals surface area (Å²) in [4.78, 5) is 27.1. The zero-order chi connectivity index (χ0) is 16.5. The van der Waals surface area contributed by atoms with E-state index in [1.807, 2.05) is 30.1 Å². The van der Waals surface area contributed by atoms with Gasteiger partial charge in [0.25, 0.3) is 5.91 Å². The number of carbonyl (C=O) groups excluding carboxylic acids is 1. The molecule has 0 aromatic carbocycles. The van der Waals surface area contributed by atoms with Crippen LogP contribution in [0.2, 0.25) is 0 Å². The van der Waals surface area contributed by atoms with Crippen LogP contribution in [-0.2, 0) is 13.1 Å². The first-order valence-corrected chi connectivity index (χ1v) is 7.83. The zero-order valence-corrected chi connectivity index (χ0v) is 13.3. The van der Waals surface area contributed by atoms with E-state index in [-0.39, 0.29) is 11.9 Å². The molecule has 1 aliphatic rings. The summed E-state index contributed by atoms with van der Waals surface area (Å²) in [5, 5.41) is 4.24. The molecule has 1 atom stereocenters. The number of hydrogen-bond acceptors (Lipinski definition) is 5. The van der Waals surface area contributed by atoms with Crippen LogP contribution in [-0.4, -0.2) is 46.7 Å². The largest absolute Gasteiger partial charge is 0.327 e. The molecule has 1 aliphatic heterocycles. The average Bonchev–Trinajstić information content (AvgIpc) is 3.27. The topological polar surface area (TPSA) is 81.7 Å². The highest BCUT2D eigenvalue weighted by Gasteiger charge is 2.31. The Morgan fingerprint density at radius 2 is 2.12 bits per heavy atom. The van der Waals surface area contributed by atoms with Gasteiger partial charge in [0.15, 0.2) is 0 Å². The summed E-state index contributed by atoms with van der Waals surface area (Å²) in [6, 6.07) is 1.79. The van der Waals surface area contributed by atoms with Crippen LogP contribution in [0.1, 0.15) is 35.0 Å². The van der Waals surface area contributed by atoms with E-state index in [1.54, 1.807) is 17.3 Å². The SMILES string of the molecule is C[C@@H]1c2ncc(Cn3cccn3)n2CCN1C(=O)c1cnccn1. The minimum atomic E-state index is -0.113. The fraction of sp³-hybridized carbons (Fsp3) is 0.312. The molecule has 0 saturated heterocycles. The maximum absolute atomic E-state index is 12.7. The summed E-state index contributed by atoms with van der Waals surface area (Å²) in [6.45, 7) is 3.99. The van der Waals surface area contributed by atoms with Crippen molar-refractivity contribution in [1.82, 2.24) is 34.2 Å². The number of nitrogens with zero attached hydrogens (tertiary/aromatic N) is 7. The Morgan fingerprint density at radius 3 is 2.88 bits per heavy atom. The second kappa shape index (κ2) is 5.88. The van der Waals surface area contributed by atoms with Gasteiger partial charge in [-0.25, -0.2) is 9.97 Å². The van der Waals surface area contributed by atoms with Crippen molar-refractivity contribution >= 4 is 5.91 Å². The van der Waals surface area contributed by atoms with Gasteiger partial charge in [-0.1, -0.05) is 0 Å². The first-order chi connectivity index (χ1) is 11.7. The van der Waals surface area contributed by atoms with Crippen molar-refractivity contribution in [2.24, 2.45) is 0 Å². The fourth-order valence-corrected chi connectivity index (χ4v) is 3.08. The quantitative estimate of drug-likeness (QED) is 0.722. The van der Waals surface area contributed by atoms with Crippen molar-refractivity contribution in [3.8, 4) is 0 Å². The van der Waals surface area contributed by atoms with Crippen LogP contribution < -0.4 is 0 Å². The third-order valence-electron chi connectivity index (χ3n) is 4.30. The highest BCUT2D eigenvalue weighted by atomic mass is 16.2. The summed E-state index contributed by atoms with van der Waals surface area (Å²) >= 11 is 0. The lowest BCUT2D eigenvalue weighted by Crippen LogP contribution is -2.42. The smallest absolute Gasteiger partial charge is 0.274 e. The van der Waals surface area contributed by atoms with Crippen LogP contribution in [0.3, 0.4) is 0 Å². The van der Waals surface area contributed by atoms with E-state index in [0.717, 1.165) is 11.5 Å². The lowest BCUT2D eigenvalue weighted by molar-refractivity contribution is 0.0629. The van der Waals surface area contributed by atoms with E-state index < -0.39 is 0 Å². The van der Waals surface area contributed by atoms with Crippen molar-refractivity contribution in [2.45, 2.75) is 26.1 Å². The number of rotatable bonds is 3. The molecule has 4 heterocycles. The van der Waals surface area contributed by atoms with Crippen LogP contribution in [0.4, 0.5) is 0 Å². The summed E-state index contributed by atoms with van der Waals surface area (Å²) < 4.78 is 4.04. The second-order valence-electron chi connectivity index (χ2n) is 5.73. The molecule has 0 fully saturated rings. The summed E-state index contributed by atoms with van der Waals surface area (Å²) in [7, 11) is 0. The minimum Gasteiger partial charge on any atom is -0.327 e. The Kier molecular flexibility index (Phi) is 3.56. The first kappa shape index (κ1) is 14.6. The molecule has 0 N–H and O–H groups in total. The minimum absolute atomic E-state index is 0.111. The number of imidazole rings is 1. The van der Waals surface area contributed by atoms with Crippen molar-refractivity contribution in [2.75, 3.05) is 6.54 Å². The van der Waals surface area contributed by atoms with Crippen LogP contribution in [0.25, 0.3) is 0 Å². The second-order valence-corrected chi connectivity index (χ2v) is 5.73. The van der Waals surface area contributed by atoms with Gasteiger partial charge in [-0.3, -0.25) is 14.5 Å². The van der Waals surface area contributed by atoms with Gasteiger partial charge in [-0.2, -0.15) is 5.10 Å². The van der Waals surface area contributed by atoms with Crippen LogP contribution in [0, 0.1) is 0 Å². The van der Waals surface area contributed by atoms with Crippen LogP contribution >= 0.6 is 0 Å². The number of amides is 1. The third-order valence-corrected chi connectivity index (χ3v) is 4.30. The van der Waals surface area contributed by atoms with E-state index in [0.29, 0.717) is 25.3 Å². The Morgan fingerprint density at radius 1 is 1.21 bits per heavy atom. The number of fused-ring (bicyclic) bond motifs is 1. The molecule has 0 radical (unpaired) electrons. The van der Waals surface area contributed by atoms with Crippen molar-refractivity contribution in [3.63, 3.8) is 0 Å². The Balaban J connectivity index is 1.58. The van der Waals surface area contributed by atoms with Gasteiger partial charge in [0.2, 0.25) is 0 Å². The molecule has 8 nitrogen and oxygen atoms in total. The molecule has 0 spiro atoms. The van der Waals surface area contributed by atoms with Gasteiger partial charge < -0.3 is 9.47 Å². The fourth-order valence-electron chi connectivity index (χ4n) is 3.08. The molecule has 3 aromatic heterocycles. The van der Waals surface area contributed by atoms with Crippen molar-refractivity contribution < 1.29 is 4.79 Å². The lowest BCUT2D eigenvalue weighted by atomic mass is 10.2. The average molecular weight is 323 g/mol. The molecule has 0 unspecified atom stereocenters.